The lowest BCUT2D eigenvalue weighted by atomic mass is 10.3. The lowest BCUT2D eigenvalue weighted by Gasteiger charge is -2.20. The number of halogens is 2. The number of benzene rings is 1. The van der Waals surface area contributed by atoms with E-state index >= 15 is 0 Å². The molecule has 0 aliphatic carbocycles. The van der Waals surface area contributed by atoms with Crippen molar-refractivity contribution in [1.29, 1.82) is 0 Å². The fraction of sp³-hybridized carbons (Fsp3) is 0.294. The lowest BCUT2D eigenvalue weighted by Crippen LogP contribution is -2.32. The molecular formula is C17H19Cl2N3OS2. The number of thiazole rings is 1. The maximum atomic E-state index is 12.9. The topological polar surface area (TPSA) is 36.4 Å². The van der Waals surface area contributed by atoms with Gasteiger partial charge in [-0.3, -0.25) is 9.69 Å². The summed E-state index contributed by atoms with van der Waals surface area (Å²) in [5, 5.41) is 3.24. The van der Waals surface area contributed by atoms with Gasteiger partial charge in [0, 0.05) is 6.54 Å². The molecule has 0 radical (unpaired) electrons. The number of amides is 1. The second-order valence-corrected chi connectivity index (χ2v) is 8.04. The third-order valence-corrected chi connectivity index (χ3v) is 5.76. The molecule has 25 heavy (non-hydrogen) atoms. The maximum absolute atomic E-state index is 12.9. The highest BCUT2D eigenvalue weighted by Crippen LogP contribution is 2.33. The molecule has 0 atom stereocenters. The molecule has 8 heteroatoms. The zero-order chi connectivity index (χ0) is 17.1. The molecule has 134 valence electrons. The predicted molar refractivity (Wildman–Crippen MR) is 111 cm³/mol. The smallest absolute Gasteiger partial charge is 0.270 e. The van der Waals surface area contributed by atoms with Gasteiger partial charge in [0.05, 0.1) is 14.6 Å². The minimum atomic E-state index is -0.000986. The van der Waals surface area contributed by atoms with Crippen molar-refractivity contribution < 1.29 is 4.79 Å². The van der Waals surface area contributed by atoms with E-state index in [1.54, 1.807) is 4.90 Å². The Bertz CT molecular complexity index is 834. The maximum Gasteiger partial charge on any atom is 0.270 e. The van der Waals surface area contributed by atoms with Crippen molar-refractivity contribution in [2.75, 3.05) is 32.1 Å². The fourth-order valence-corrected chi connectivity index (χ4v) is 4.34. The average molecular weight is 416 g/mol. The quantitative estimate of drug-likeness (QED) is 0.566. The minimum Gasteiger partial charge on any atom is -0.309 e. The molecule has 4 nitrogen and oxygen atoms in total. The van der Waals surface area contributed by atoms with Crippen LogP contribution in [0.5, 0.6) is 0 Å². The van der Waals surface area contributed by atoms with Crippen molar-refractivity contribution in [1.82, 2.24) is 9.88 Å². The number of aromatic nitrogens is 1. The Balaban J connectivity index is 0.00000225. The number of hydrogen-bond acceptors (Lipinski definition) is 5. The second kappa shape index (κ2) is 8.96. The second-order valence-electron chi connectivity index (χ2n) is 5.67. The van der Waals surface area contributed by atoms with Crippen LogP contribution >= 0.6 is 46.7 Å². The summed E-state index contributed by atoms with van der Waals surface area (Å²) in [6, 6.07) is 9.46. The molecule has 0 bridgehead atoms. The van der Waals surface area contributed by atoms with Gasteiger partial charge in [0.15, 0.2) is 5.13 Å². The van der Waals surface area contributed by atoms with Crippen LogP contribution in [0.2, 0.25) is 5.02 Å². The average Bonchev–Trinajstić information content (AvgIpc) is 3.20. The monoisotopic (exact) mass is 415 g/mol. The van der Waals surface area contributed by atoms with Crippen LogP contribution in [-0.4, -0.2) is 43.0 Å². The highest BCUT2D eigenvalue weighted by molar-refractivity contribution is 7.22. The van der Waals surface area contributed by atoms with Gasteiger partial charge >= 0.3 is 0 Å². The van der Waals surface area contributed by atoms with Gasteiger partial charge in [-0.15, -0.1) is 23.7 Å². The summed E-state index contributed by atoms with van der Waals surface area (Å²) < 4.78 is 0.995. The molecule has 3 rings (SSSR count). The van der Waals surface area contributed by atoms with Crippen molar-refractivity contribution in [2.24, 2.45) is 0 Å². The van der Waals surface area contributed by atoms with Crippen LogP contribution in [0.3, 0.4) is 0 Å². The zero-order valence-electron chi connectivity index (χ0n) is 13.9. The Kier molecular flexibility index (Phi) is 7.22. The van der Waals surface area contributed by atoms with E-state index in [9.17, 15) is 4.79 Å². The van der Waals surface area contributed by atoms with E-state index in [4.69, 9.17) is 11.6 Å². The predicted octanol–water partition coefficient (Wildman–Crippen LogP) is 5.03. The molecule has 0 aliphatic rings. The van der Waals surface area contributed by atoms with E-state index in [0.717, 1.165) is 28.1 Å². The number of hydrogen-bond donors (Lipinski definition) is 0. The van der Waals surface area contributed by atoms with Crippen LogP contribution in [0.25, 0.3) is 10.2 Å². The van der Waals surface area contributed by atoms with Gasteiger partial charge in [-0.25, -0.2) is 4.98 Å². The molecule has 0 unspecified atom stereocenters. The largest absolute Gasteiger partial charge is 0.309 e. The van der Waals surface area contributed by atoms with Crippen molar-refractivity contribution >= 4 is 67.9 Å². The van der Waals surface area contributed by atoms with Crippen LogP contribution in [-0.2, 0) is 0 Å². The van der Waals surface area contributed by atoms with Gasteiger partial charge in [-0.2, -0.15) is 0 Å². The van der Waals surface area contributed by atoms with Gasteiger partial charge in [0.25, 0.3) is 5.91 Å². The Morgan fingerprint density at radius 1 is 1.20 bits per heavy atom. The summed E-state index contributed by atoms with van der Waals surface area (Å²) in [5.74, 6) is -0.000986. The SMILES string of the molecule is CN(C)CCCN(C(=O)c1cccs1)c1nc2c(Cl)cccc2s1.Cl. The van der Waals surface area contributed by atoms with Crippen molar-refractivity contribution in [3.05, 3.63) is 45.6 Å². The van der Waals surface area contributed by atoms with E-state index in [0.29, 0.717) is 16.7 Å². The number of para-hydroxylation sites is 1. The molecule has 0 saturated heterocycles. The summed E-state index contributed by atoms with van der Waals surface area (Å²) in [6.07, 6.45) is 0.883. The van der Waals surface area contributed by atoms with Gasteiger partial charge in [0.1, 0.15) is 5.52 Å². The molecule has 2 aromatic heterocycles. The summed E-state index contributed by atoms with van der Waals surface area (Å²) in [6.45, 7) is 1.55. The normalized spacial score (nSPS) is 10.9. The van der Waals surface area contributed by atoms with Crippen LogP contribution in [0.15, 0.2) is 35.7 Å². The molecule has 0 saturated carbocycles. The molecule has 3 aromatic rings. The van der Waals surface area contributed by atoms with Gasteiger partial charge < -0.3 is 4.90 Å². The molecule has 2 heterocycles. The molecule has 0 aliphatic heterocycles. The summed E-state index contributed by atoms with van der Waals surface area (Å²) in [4.78, 5) is 22.1. The van der Waals surface area contributed by atoms with Crippen molar-refractivity contribution in [2.45, 2.75) is 6.42 Å². The number of carbonyl (C=O) groups excluding carboxylic acids is 1. The number of fused-ring (bicyclic) bond motifs is 1. The first-order valence-corrected chi connectivity index (χ1v) is 9.69. The Labute approximate surface area is 166 Å². The third-order valence-electron chi connectivity index (χ3n) is 3.55. The lowest BCUT2D eigenvalue weighted by molar-refractivity contribution is 0.0990. The molecule has 0 spiro atoms. The number of rotatable bonds is 6. The summed E-state index contributed by atoms with van der Waals surface area (Å²) in [7, 11) is 4.06. The number of thiophene rings is 1. The first kappa shape index (κ1) is 20.1. The van der Waals surface area contributed by atoms with Crippen molar-refractivity contribution in [3.8, 4) is 0 Å². The van der Waals surface area contributed by atoms with Gasteiger partial charge in [-0.05, 0) is 50.6 Å². The first-order chi connectivity index (χ1) is 11.6. The Morgan fingerprint density at radius 3 is 2.64 bits per heavy atom. The van der Waals surface area contributed by atoms with E-state index < -0.39 is 0 Å². The highest BCUT2D eigenvalue weighted by Gasteiger charge is 2.22. The Hall–Kier alpha value is -1.18. The molecule has 1 aromatic carbocycles. The number of nitrogens with zero attached hydrogens (tertiary/aromatic N) is 3. The van der Waals surface area contributed by atoms with Gasteiger partial charge in [0.2, 0.25) is 0 Å². The van der Waals surface area contributed by atoms with Gasteiger partial charge in [-0.1, -0.05) is 35.1 Å². The van der Waals surface area contributed by atoms with E-state index in [1.807, 2.05) is 49.8 Å². The first-order valence-electron chi connectivity index (χ1n) is 7.61. The van der Waals surface area contributed by atoms with E-state index in [1.165, 1.54) is 22.7 Å². The number of carbonyl (C=O) groups is 1. The molecular weight excluding hydrogens is 397 g/mol. The zero-order valence-corrected chi connectivity index (χ0v) is 17.1. The van der Waals surface area contributed by atoms with E-state index in [2.05, 4.69) is 9.88 Å². The van der Waals surface area contributed by atoms with Crippen LogP contribution in [0, 0.1) is 0 Å². The molecule has 1 amide bonds. The number of anilines is 1. The van der Waals surface area contributed by atoms with Crippen LogP contribution in [0.4, 0.5) is 5.13 Å². The minimum absolute atomic E-state index is 0. The standard InChI is InChI=1S/C17H18ClN3OS2.ClH/c1-20(2)9-5-10-21(16(22)14-8-4-11-23-14)17-19-15-12(18)6-3-7-13(15)24-17;/h3-4,6-8,11H,5,9-10H2,1-2H3;1H. The molecule has 0 N–H and O–H groups in total. The van der Waals surface area contributed by atoms with Crippen molar-refractivity contribution in [3.63, 3.8) is 0 Å². The van der Waals surface area contributed by atoms with Crippen LogP contribution < -0.4 is 4.90 Å². The molecule has 0 fully saturated rings. The highest BCUT2D eigenvalue weighted by atomic mass is 35.5. The third kappa shape index (κ3) is 4.71. The van der Waals surface area contributed by atoms with Crippen LogP contribution in [0.1, 0.15) is 16.1 Å². The summed E-state index contributed by atoms with van der Waals surface area (Å²) in [5.41, 5.74) is 0.760. The van der Waals surface area contributed by atoms with E-state index in [-0.39, 0.29) is 18.3 Å². The fourth-order valence-electron chi connectivity index (χ4n) is 2.38. The summed E-state index contributed by atoms with van der Waals surface area (Å²) >= 11 is 9.19. The Morgan fingerprint density at radius 2 is 2.00 bits per heavy atom.